The molecular weight excluding hydrogens is 307 g/mol. The van der Waals surface area contributed by atoms with Gasteiger partial charge in [0, 0.05) is 11.1 Å². The largest absolute Gasteiger partial charge is 1.00 e. The van der Waals surface area contributed by atoms with Gasteiger partial charge in [0.25, 0.3) is 0 Å². The number of hydrogen-bond donors (Lipinski definition) is 4. The van der Waals surface area contributed by atoms with Gasteiger partial charge >= 0.3 is 41.5 Å². The molecule has 0 aliphatic rings. The molecule has 9 heteroatoms. The normalized spacial score (nSPS) is 6.91. The second-order valence-corrected chi connectivity index (χ2v) is 3.14. The maximum absolute atomic E-state index is 9.60. The molecule has 122 valence electrons. The van der Waals surface area contributed by atoms with E-state index in [1.807, 2.05) is 0 Å². The molecule has 0 rings (SSSR count). The van der Waals surface area contributed by atoms with E-state index in [2.05, 4.69) is 19.7 Å². The topological polar surface area (TPSA) is 155 Å². The zero-order valence-electron chi connectivity index (χ0n) is 13.0. The zero-order valence-corrected chi connectivity index (χ0v) is 15.0. The maximum atomic E-state index is 9.60. The van der Waals surface area contributed by atoms with Gasteiger partial charge in [-0.25, -0.2) is 9.59 Å². The summed E-state index contributed by atoms with van der Waals surface area (Å²) in [6, 6.07) is 0. The van der Waals surface area contributed by atoms with Gasteiger partial charge in [-0.15, -0.1) is 0 Å². The summed E-state index contributed by atoms with van der Waals surface area (Å²) in [6.07, 6.45) is 0.722. The number of hydrogen-bond acceptors (Lipinski definition) is 6. The summed E-state index contributed by atoms with van der Waals surface area (Å²) in [5.74, 6) is -3.10. The predicted molar refractivity (Wildman–Crippen MR) is 74.3 cm³/mol. The molecule has 0 fully saturated rings. The summed E-state index contributed by atoms with van der Waals surface area (Å²) in [6.45, 7) is 11.9. The fraction of sp³-hybridized carbons (Fsp3) is 0.308. The van der Waals surface area contributed by atoms with Gasteiger partial charge in [-0.1, -0.05) is 19.7 Å². The molecule has 0 atom stereocenters. The second kappa shape index (κ2) is 24.6. The Labute approximate surface area is 151 Å². The number of aliphatic hydroxyl groups is 2. The third kappa shape index (κ3) is 62.6. The van der Waals surface area contributed by atoms with Gasteiger partial charge in [-0.2, -0.15) is 0 Å². The predicted octanol–water partition coefficient (Wildman–Crippen LogP) is -3.81. The molecule has 0 bridgehead atoms. The van der Waals surface area contributed by atoms with Crippen molar-refractivity contribution in [2.24, 2.45) is 0 Å². The molecule has 22 heavy (non-hydrogen) atoms. The summed E-state index contributed by atoms with van der Waals surface area (Å²) in [4.78, 5) is 28.3. The van der Waals surface area contributed by atoms with Gasteiger partial charge in [0.15, 0.2) is 0 Å². The van der Waals surface area contributed by atoms with Gasteiger partial charge in [-0.05, 0) is 19.9 Å². The van der Waals surface area contributed by atoms with Crippen LogP contribution in [0.5, 0.6) is 0 Å². The fourth-order valence-electron chi connectivity index (χ4n) is 0. The van der Waals surface area contributed by atoms with Crippen LogP contribution < -0.4 is 34.7 Å². The molecule has 0 radical (unpaired) electrons. The van der Waals surface area contributed by atoms with Crippen LogP contribution in [0.2, 0.25) is 0 Å². The first-order valence-electron chi connectivity index (χ1n) is 5.30. The quantitative estimate of drug-likeness (QED) is 0.302. The maximum Gasteiger partial charge on any atom is 1.00 e. The molecule has 0 aliphatic carbocycles. The first kappa shape index (κ1) is 32.5. The van der Waals surface area contributed by atoms with Crippen molar-refractivity contribution in [1.82, 2.24) is 0 Å². The van der Waals surface area contributed by atoms with E-state index in [1.54, 1.807) is 0 Å². The molecule has 0 aliphatic heterocycles. The minimum atomic E-state index is -1.23. The average molecular weight is 328 g/mol. The number of aliphatic carboxylic acids is 3. The van der Waals surface area contributed by atoms with Crippen LogP contribution in [0.1, 0.15) is 13.8 Å². The second-order valence-electron chi connectivity index (χ2n) is 3.14. The van der Waals surface area contributed by atoms with E-state index in [1.165, 1.54) is 13.8 Å². The molecule has 0 aromatic carbocycles. The van der Waals surface area contributed by atoms with Crippen LogP contribution >= 0.6 is 0 Å². The molecular formula is C13H21NaO8. The third-order valence-electron chi connectivity index (χ3n) is 0.997. The van der Waals surface area contributed by atoms with Crippen molar-refractivity contribution >= 4 is 17.9 Å². The van der Waals surface area contributed by atoms with Gasteiger partial charge in [-0.3, -0.25) is 0 Å². The van der Waals surface area contributed by atoms with E-state index < -0.39 is 17.9 Å². The molecule has 0 spiro atoms. The molecule has 0 amide bonds. The van der Waals surface area contributed by atoms with E-state index >= 15 is 0 Å². The number of rotatable bonds is 4. The van der Waals surface area contributed by atoms with Crippen LogP contribution in [0.15, 0.2) is 37.0 Å². The van der Waals surface area contributed by atoms with Crippen LogP contribution in [0, 0.1) is 0 Å². The van der Waals surface area contributed by atoms with Crippen molar-refractivity contribution in [2.45, 2.75) is 13.8 Å². The Kier molecular flexibility index (Phi) is 36.3. The number of carbonyl (C=O) groups is 3. The Bertz CT molecular complexity index is 313. The van der Waals surface area contributed by atoms with Gasteiger partial charge < -0.3 is 30.3 Å². The first-order valence-corrected chi connectivity index (χ1v) is 5.30. The molecule has 0 aromatic rings. The van der Waals surface area contributed by atoms with Crippen molar-refractivity contribution in [2.75, 3.05) is 13.2 Å². The molecule has 0 aromatic heterocycles. The number of carboxylic acid groups (broad SMARTS) is 3. The van der Waals surface area contributed by atoms with Crippen molar-refractivity contribution in [3.05, 3.63) is 37.0 Å². The number of aliphatic hydroxyl groups excluding tert-OH is 2. The van der Waals surface area contributed by atoms with E-state index in [9.17, 15) is 9.59 Å². The molecule has 0 saturated carbocycles. The van der Waals surface area contributed by atoms with Crippen LogP contribution in [-0.4, -0.2) is 51.5 Å². The van der Waals surface area contributed by atoms with Crippen molar-refractivity contribution in [3.8, 4) is 0 Å². The van der Waals surface area contributed by atoms with Crippen LogP contribution in [0.4, 0.5) is 0 Å². The Morgan fingerprint density at radius 2 is 1.09 bits per heavy atom. The minimum Gasteiger partial charge on any atom is -0.545 e. The first-order chi connectivity index (χ1) is 9.47. The smallest absolute Gasteiger partial charge is 0.545 e. The minimum absolute atomic E-state index is 0. The number of carbonyl (C=O) groups excluding carboxylic acids is 1. The summed E-state index contributed by atoms with van der Waals surface area (Å²) in [5.41, 5.74) is 0.352. The third-order valence-corrected chi connectivity index (χ3v) is 0.997. The molecule has 8 nitrogen and oxygen atoms in total. The van der Waals surface area contributed by atoms with Crippen molar-refractivity contribution < 1.29 is 69.5 Å². The molecule has 0 heterocycles. The van der Waals surface area contributed by atoms with E-state index in [-0.39, 0.29) is 53.9 Å². The standard InChI is InChI=1S/2C4H6O2.C3H4O2.C2H6O2.Na/c2*1-3(2)4(5)6;1-2-3(4)5;3-1-2-4;/h2*1H2,2H3,(H,5,6);2H,1H2,(H,4,5);3-4H,1-2H2;/q;;;;+1/p-1. The van der Waals surface area contributed by atoms with Crippen LogP contribution in [0.3, 0.4) is 0 Å². The molecule has 0 unspecified atom stereocenters. The van der Waals surface area contributed by atoms with Crippen LogP contribution in [0.25, 0.3) is 0 Å². The Balaban J connectivity index is -0.0000000582. The number of carboxylic acids is 3. The Morgan fingerprint density at radius 1 is 0.955 bits per heavy atom. The fourth-order valence-corrected chi connectivity index (χ4v) is 0. The van der Waals surface area contributed by atoms with Crippen molar-refractivity contribution in [1.29, 1.82) is 0 Å². The molecule has 0 saturated heterocycles. The van der Waals surface area contributed by atoms with E-state index in [0.717, 1.165) is 6.08 Å². The van der Waals surface area contributed by atoms with E-state index in [0.29, 0.717) is 0 Å². The molecule has 4 N–H and O–H groups in total. The van der Waals surface area contributed by atoms with Gasteiger partial charge in [0.05, 0.1) is 19.2 Å². The summed E-state index contributed by atoms with van der Waals surface area (Å²) in [5, 5.41) is 40.2. The monoisotopic (exact) mass is 328 g/mol. The van der Waals surface area contributed by atoms with Gasteiger partial charge in [0.1, 0.15) is 0 Å². The zero-order chi connectivity index (χ0) is 18.0. The van der Waals surface area contributed by atoms with Crippen LogP contribution in [-0.2, 0) is 14.4 Å². The summed E-state index contributed by atoms with van der Waals surface area (Å²) in [7, 11) is 0. The van der Waals surface area contributed by atoms with Crippen molar-refractivity contribution in [3.63, 3.8) is 0 Å². The summed E-state index contributed by atoms with van der Waals surface area (Å²) >= 11 is 0. The van der Waals surface area contributed by atoms with E-state index in [4.69, 9.17) is 30.3 Å². The Morgan fingerprint density at radius 3 is 1.09 bits per heavy atom. The summed E-state index contributed by atoms with van der Waals surface area (Å²) < 4.78 is 0. The SMILES string of the molecule is C=C(C)C(=O)O.C=C(C)C(=O)O.C=CC(=O)[O-].OCCO.[Na+]. The average Bonchev–Trinajstić information content (AvgIpc) is 2.40. The van der Waals surface area contributed by atoms with Gasteiger partial charge in [0.2, 0.25) is 0 Å². The Hall–Kier alpha value is -1.45.